The van der Waals surface area contributed by atoms with E-state index in [1.165, 1.54) is 76.5 Å². The number of nitrogen functional groups attached to an aromatic ring is 1. The van der Waals surface area contributed by atoms with E-state index in [4.69, 9.17) is 16.6 Å². The Morgan fingerprint density at radius 3 is 1.42 bits per heavy atom. The molecule has 1 heterocycles. The van der Waals surface area contributed by atoms with Crippen molar-refractivity contribution in [2.24, 2.45) is 5.73 Å². The fraction of sp³-hybridized carbons (Fsp3) is 0.0196. The molecule has 55 heavy (non-hydrogen) atoms. The van der Waals surface area contributed by atoms with Crippen molar-refractivity contribution in [1.82, 2.24) is 0 Å². The van der Waals surface area contributed by atoms with Gasteiger partial charge in [-0.2, -0.15) is 0 Å². The van der Waals surface area contributed by atoms with Crippen LogP contribution in [0.2, 0.25) is 0 Å². The monoisotopic (exact) mass is 727 g/mol. The topological polar surface area (TPSA) is 73.7 Å². The zero-order chi connectivity index (χ0) is 38.0. The summed E-state index contributed by atoms with van der Waals surface area (Å²) < 4.78 is 2.48. The summed E-state index contributed by atoms with van der Waals surface area (Å²) in [6.07, 6.45) is 1.46. The predicted molar refractivity (Wildman–Crippen MR) is 238 cm³/mol. The first-order valence-corrected chi connectivity index (χ1v) is 19.0. The molecule has 4 N–H and O–H groups in total. The summed E-state index contributed by atoms with van der Waals surface area (Å²) in [5.41, 5.74) is 17.9. The molecule has 0 aliphatic heterocycles. The van der Waals surface area contributed by atoms with Gasteiger partial charge < -0.3 is 11.1 Å². The lowest BCUT2D eigenvalue weighted by Gasteiger charge is -2.12. The van der Waals surface area contributed by atoms with Crippen molar-refractivity contribution >= 4 is 43.6 Å². The van der Waals surface area contributed by atoms with Crippen molar-refractivity contribution < 1.29 is 0 Å². The third kappa shape index (κ3) is 8.85. The van der Waals surface area contributed by atoms with Crippen molar-refractivity contribution in [1.29, 1.82) is 10.8 Å². The highest BCUT2D eigenvalue weighted by Crippen LogP contribution is 2.39. The first-order valence-electron chi connectivity index (χ1n) is 18.2. The molecular formula is C51H41N3S. The van der Waals surface area contributed by atoms with Crippen LogP contribution in [0.25, 0.3) is 64.7 Å². The number of benzene rings is 8. The van der Waals surface area contributed by atoms with E-state index in [9.17, 15) is 0 Å². The van der Waals surface area contributed by atoms with Gasteiger partial charge in [-0.15, -0.1) is 11.3 Å². The molecule has 0 saturated heterocycles. The van der Waals surface area contributed by atoms with Gasteiger partial charge in [-0.1, -0.05) is 163 Å². The zero-order valence-electron chi connectivity index (χ0n) is 30.6. The van der Waals surface area contributed by atoms with Crippen LogP contribution in [0.1, 0.15) is 16.7 Å². The van der Waals surface area contributed by atoms with E-state index in [0.29, 0.717) is 0 Å². The molecule has 0 spiro atoms. The lowest BCUT2D eigenvalue weighted by Crippen LogP contribution is -2.10. The first kappa shape index (κ1) is 36.5. The minimum absolute atomic E-state index is 0.121. The van der Waals surface area contributed by atoms with Crippen LogP contribution in [0.15, 0.2) is 200 Å². The molecule has 266 valence electrons. The number of amidine groups is 1. The SMILES string of the molecule is Cc1ccccc1.N=C(N)c1ccccc1.N=Cc1cccc2sc3ccc(-c4cccc(-c5cc(-c6ccccc6)cc(-c6ccccc6)c5)c4)cc3c12. The lowest BCUT2D eigenvalue weighted by molar-refractivity contribution is 1.42. The number of rotatable bonds is 6. The molecule has 0 aliphatic carbocycles. The van der Waals surface area contributed by atoms with Crippen LogP contribution < -0.4 is 5.73 Å². The van der Waals surface area contributed by atoms with Crippen LogP contribution in [-0.4, -0.2) is 12.1 Å². The van der Waals surface area contributed by atoms with Gasteiger partial charge in [-0.25, -0.2) is 0 Å². The predicted octanol–water partition coefficient (Wildman–Crippen LogP) is 13.7. The minimum atomic E-state index is 0.121. The number of nitrogens with one attached hydrogen (secondary N) is 2. The molecule has 9 aromatic rings. The molecule has 0 aliphatic rings. The normalized spacial score (nSPS) is 10.5. The van der Waals surface area contributed by atoms with Gasteiger partial charge >= 0.3 is 0 Å². The maximum atomic E-state index is 7.92. The Morgan fingerprint density at radius 1 is 0.455 bits per heavy atom. The maximum Gasteiger partial charge on any atom is 0.122 e. The molecular weight excluding hydrogens is 687 g/mol. The zero-order valence-corrected chi connectivity index (χ0v) is 31.4. The van der Waals surface area contributed by atoms with Gasteiger partial charge in [-0.3, -0.25) is 5.41 Å². The van der Waals surface area contributed by atoms with Crippen molar-refractivity contribution in [2.45, 2.75) is 6.92 Å². The van der Waals surface area contributed by atoms with Crippen LogP contribution >= 0.6 is 11.3 Å². The summed E-state index contributed by atoms with van der Waals surface area (Å²) in [5, 5.41) is 17.3. The largest absolute Gasteiger partial charge is 0.384 e. The second-order valence-electron chi connectivity index (χ2n) is 13.2. The van der Waals surface area contributed by atoms with Gasteiger partial charge in [0.2, 0.25) is 0 Å². The third-order valence-corrected chi connectivity index (χ3v) is 10.5. The average Bonchev–Trinajstić information content (AvgIpc) is 3.64. The van der Waals surface area contributed by atoms with E-state index >= 15 is 0 Å². The molecule has 3 nitrogen and oxygen atoms in total. The van der Waals surface area contributed by atoms with Gasteiger partial charge in [0.05, 0.1) is 0 Å². The molecule has 9 rings (SSSR count). The fourth-order valence-electron chi connectivity index (χ4n) is 6.57. The van der Waals surface area contributed by atoms with E-state index in [2.05, 4.69) is 146 Å². The van der Waals surface area contributed by atoms with Gasteiger partial charge in [0.25, 0.3) is 0 Å². The van der Waals surface area contributed by atoms with Crippen molar-refractivity contribution in [2.75, 3.05) is 0 Å². The second-order valence-corrected chi connectivity index (χ2v) is 14.3. The first-order chi connectivity index (χ1) is 27.0. The molecule has 0 unspecified atom stereocenters. The summed E-state index contributed by atoms with van der Waals surface area (Å²) in [6, 6.07) is 69.4. The van der Waals surface area contributed by atoms with E-state index < -0.39 is 0 Å². The van der Waals surface area contributed by atoms with Crippen LogP contribution in [0.5, 0.6) is 0 Å². The van der Waals surface area contributed by atoms with Crippen molar-refractivity contribution in [3.05, 3.63) is 217 Å². The standard InChI is InChI=1S/C37H25NS.C7H8N2.C7H8/c38-24-30-15-8-16-36-37(30)34-23-29(17-18-35(34)39-36)27-13-7-14-28(19-27)33-21-31(25-9-3-1-4-10-25)20-32(22-33)26-11-5-2-6-12-26;8-7(9)6-4-2-1-3-5-6;1-7-5-3-2-4-6-7/h1-24,38H;1-5H,(H3,8,9);2-6H,1H3. The van der Waals surface area contributed by atoms with Crippen LogP contribution in [-0.2, 0) is 0 Å². The van der Waals surface area contributed by atoms with Gasteiger partial charge in [0, 0.05) is 37.5 Å². The third-order valence-electron chi connectivity index (χ3n) is 9.38. The van der Waals surface area contributed by atoms with Crippen molar-refractivity contribution in [3.63, 3.8) is 0 Å². The van der Waals surface area contributed by atoms with Crippen LogP contribution in [0, 0.1) is 17.7 Å². The Labute approximate surface area is 327 Å². The summed E-state index contributed by atoms with van der Waals surface area (Å²) in [7, 11) is 0. The number of thiophene rings is 1. The molecule has 0 bridgehead atoms. The summed E-state index contributed by atoms with van der Waals surface area (Å²) in [4.78, 5) is 0. The summed E-state index contributed by atoms with van der Waals surface area (Å²) >= 11 is 1.79. The molecule has 0 saturated carbocycles. The molecule has 0 amide bonds. The fourth-order valence-corrected chi connectivity index (χ4v) is 7.69. The van der Waals surface area contributed by atoms with Crippen LogP contribution in [0.3, 0.4) is 0 Å². The van der Waals surface area contributed by atoms with E-state index in [0.717, 1.165) is 11.1 Å². The maximum absolute atomic E-state index is 7.92. The smallest absolute Gasteiger partial charge is 0.122 e. The Balaban J connectivity index is 0.000000240. The number of hydrogen-bond donors (Lipinski definition) is 3. The average molecular weight is 728 g/mol. The Morgan fingerprint density at radius 2 is 0.909 bits per heavy atom. The van der Waals surface area contributed by atoms with Gasteiger partial charge in [0.15, 0.2) is 0 Å². The highest BCUT2D eigenvalue weighted by molar-refractivity contribution is 7.25. The van der Waals surface area contributed by atoms with Gasteiger partial charge in [0.1, 0.15) is 5.84 Å². The molecule has 0 fully saturated rings. The quantitative estimate of drug-likeness (QED) is 0.116. The lowest BCUT2D eigenvalue weighted by atomic mass is 9.92. The molecule has 0 radical (unpaired) electrons. The molecule has 4 heteroatoms. The minimum Gasteiger partial charge on any atom is -0.384 e. The van der Waals surface area contributed by atoms with Crippen molar-refractivity contribution in [3.8, 4) is 44.5 Å². The highest BCUT2D eigenvalue weighted by Gasteiger charge is 2.12. The summed E-state index contributed by atoms with van der Waals surface area (Å²) in [5.74, 6) is 0.121. The Kier molecular flexibility index (Phi) is 11.5. The number of fused-ring (bicyclic) bond motifs is 3. The second kappa shape index (κ2) is 17.3. The number of nitrogens with two attached hydrogens (primary N) is 1. The number of hydrogen-bond acceptors (Lipinski definition) is 3. The summed E-state index contributed by atoms with van der Waals surface area (Å²) in [6.45, 7) is 2.08. The van der Waals surface area contributed by atoms with E-state index in [-0.39, 0.29) is 5.84 Å². The van der Waals surface area contributed by atoms with Gasteiger partial charge in [-0.05, 0) is 93.9 Å². The highest BCUT2D eigenvalue weighted by atomic mass is 32.1. The van der Waals surface area contributed by atoms with E-state index in [1.807, 2.05) is 60.7 Å². The Hall–Kier alpha value is -6.88. The number of aryl methyl sites for hydroxylation is 1. The molecule has 0 atom stereocenters. The Bertz CT molecular complexity index is 2630. The molecule has 8 aromatic carbocycles. The van der Waals surface area contributed by atoms with Crippen LogP contribution in [0.4, 0.5) is 0 Å². The molecule has 1 aromatic heterocycles. The van der Waals surface area contributed by atoms with E-state index in [1.54, 1.807) is 11.3 Å².